The Labute approximate surface area is 92.2 Å². The summed E-state index contributed by atoms with van der Waals surface area (Å²) in [5.74, 6) is -0.794. The Morgan fingerprint density at radius 1 is 1.38 bits per heavy atom. The number of rotatable bonds is 2. The maximum absolute atomic E-state index is 12.7. The van der Waals surface area contributed by atoms with E-state index in [4.69, 9.17) is 4.74 Å². The van der Waals surface area contributed by atoms with E-state index in [1.807, 2.05) is 0 Å². The van der Waals surface area contributed by atoms with Crippen molar-refractivity contribution >= 4 is 5.97 Å². The van der Waals surface area contributed by atoms with Crippen LogP contribution in [0.15, 0.2) is 35.9 Å². The Balaban J connectivity index is 2.17. The fraction of sp³-hybridized carbons (Fsp3) is 0.250. The molecule has 1 N–H and O–H groups in total. The van der Waals surface area contributed by atoms with E-state index in [0.717, 1.165) is 0 Å². The van der Waals surface area contributed by atoms with Gasteiger partial charge in [0.05, 0.1) is 0 Å². The predicted molar refractivity (Wildman–Crippen MR) is 55.0 cm³/mol. The third-order valence-corrected chi connectivity index (χ3v) is 2.50. The summed E-state index contributed by atoms with van der Waals surface area (Å²) in [5.41, 5.74) is 0.997. The molecule has 0 saturated carbocycles. The molecule has 0 spiro atoms. The number of cyclic esters (lactones) is 1. The van der Waals surface area contributed by atoms with Gasteiger partial charge in [0.15, 0.2) is 6.10 Å². The molecule has 0 unspecified atom stereocenters. The van der Waals surface area contributed by atoms with Crippen molar-refractivity contribution in [2.24, 2.45) is 0 Å². The van der Waals surface area contributed by atoms with E-state index < -0.39 is 18.2 Å². The van der Waals surface area contributed by atoms with E-state index in [1.165, 1.54) is 24.3 Å². The molecule has 84 valence electrons. The summed E-state index contributed by atoms with van der Waals surface area (Å²) in [5, 5.41) is 9.90. The van der Waals surface area contributed by atoms with Crippen molar-refractivity contribution in [2.45, 2.75) is 19.1 Å². The minimum absolute atomic E-state index is 0.369. The molecule has 0 saturated heterocycles. The molecule has 4 heteroatoms. The summed E-state index contributed by atoms with van der Waals surface area (Å²) in [7, 11) is 0. The van der Waals surface area contributed by atoms with E-state index in [0.29, 0.717) is 11.1 Å². The Hall–Kier alpha value is -1.68. The van der Waals surface area contributed by atoms with Crippen molar-refractivity contribution in [1.29, 1.82) is 0 Å². The Bertz CT molecular complexity index is 436. The highest BCUT2D eigenvalue weighted by Crippen LogP contribution is 2.26. The molecule has 2 rings (SSSR count). The van der Waals surface area contributed by atoms with Crippen molar-refractivity contribution in [3.63, 3.8) is 0 Å². The van der Waals surface area contributed by atoms with Gasteiger partial charge in [0.25, 0.3) is 0 Å². The van der Waals surface area contributed by atoms with Crippen molar-refractivity contribution in [3.8, 4) is 0 Å². The molecule has 0 bridgehead atoms. The fourth-order valence-corrected chi connectivity index (χ4v) is 1.57. The van der Waals surface area contributed by atoms with Gasteiger partial charge in [0, 0.05) is 5.57 Å². The molecule has 1 aromatic rings. The Kier molecular flexibility index (Phi) is 2.75. The zero-order valence-corrected chi connectivity index (χ0v) is 8.68. The average molecular weight is 222 g/mol. The minimum Gasteiger partial charge on any atom is -0.452 e. The summed E-state index contributed by atoms with van der Waals surface area (Å²) < 4.78 is 17.6. The van der Waals surface area contributed by atoms with Crippen LogP contribution in [-0.2, 0) is 9.53 Å². The number of halogens is 1. The largest absolute Gasteiger partial charge is 0.452 e. The summed E-state index contributed by atoms with van der Waals surface area (Å²) in [4.78, 5) is 11.1. The molecule has 2 atom stereocenters. The van der Waals surface area contributed by atoms with Gasteiger partial charge in [0.1, 0.15) is 11.9 Å². The van der Waals surface area contributed by atoms with Crippen LogP contribution in [0.25, 0.3) is 0 Å². The van der Waals surface area contributed by atoms with Crippen molar-refractivity contribution in [3.05, 3.63) is 47.3 Å². The second-order valence-corrected chi connectivity index (χ2v) is 3.72. The topological polar surface area (TPSA) is 46.5 Å². The van der Waals surface area contributed by atoms with Crippen molar-refractivity contribution < 1.29 is 19.0 Å². The third kappa shape index (κ3) is 1.97. The van der Waals surface area contributed by atoms with Gasteiger partial charge in [-0.1, -0.05) is 12.1 Å². The molecular weight excluding hydrogens is 211 g/mol. The van der Waals surface area contributed by atoms with Crippen LogP contribution < -0.4 is 0 Å². The number of hydrogen-bond donors (Lipinski definition) is 1. The first-order chi connectivity index (χ1) is 7.58. The smallest absolute Gasteiger partial charge is 0.334 e. The first kappa shape index (κ1) is 10.8. The molecule has 0 aromatic heterocycles. The van der Waals surface area contributed by atoms with Gasteiger partial charge in [0.2, 0.25) is 0 Å². The SMILES string of the molecule is CC1=C[C@H]([C@H](O)c2ccc(F)cc2)OC1=O. The lowest BCUT2D eigenvalue weighted by Gasteiger charge is -2.16. The predicted octanol–water partition coefficient (Wildman–Crippen LogP) is 1.73. The van der Waals surface area contributed by atoms with Gasteiger partial charge in [-0.3, -0.25) is 0 Å². The first-order valence-corrected chi connectivity index (χ1v) is 4.91. The Morgan fingerprint density at radius 2 is 2.00 bits per heavy atom. The zero-order valence-electron chi connectivity index (χ0n) is 8.68. The van der Waals surface area contributed by atoms with Gasteiger partial charge in [-0.05, 0) is 30.7 Å². The maximum Gasteiger partial charge on any atom is 0.334 e. The lowest BCUT2D eigenvalue weighted by atomic mass is 10.0. The molecule has 1 aliphatic rings. The number of carbonyl (C=O) groups is 1. The average Bonchev–Trinajstić information content (AvgIpc) is 2.59. The highest BCUT2D eigenvalue weighted by atomic mass is 19.1. The lowest BCUT2D eigenvalue weighted by molar-refractivity contribution is -0.143. The van der Waals surface area contributed by atoms with E-state index in [9.17, 15) is 14.3 Å². The molecule has 0 radical (unpaired) electrons. The molecule has 3 nitrogen and oxygen atoms in total. The molecule has 1 heterocycles. The number of carbonyl (C=O) groups excluding carboxylic acids is 1. The van der Waals surface area contributed by atoms with Crippen LogP contribution >= 0.6 is 0 Å². The number of aliphatic hydroxyl groups excluding tert-OH is 1. The second kappa shape index (κ2) is 4.06. The van der Waals surface area contributed by atoms with E-state index >= 15 is 0 Å². The van der Waals surface area contributed by atoms with Crippen LogP contribution in [0.3, 0.4) is 0 Å². The monoisotopic (exact) mass is 222 g/mol. The van der Waals surface area contributed by atoms with Crippen LogP contribution in [0.5, 0.6) is 0 Å². The summed E-state index contributed by atoms with van der Waals surface area (Å²) >= 11 is 0. The fourth-order valence-electron chi connectivity index (χ4n) is 1.57. The third-order valence-electron chi connectivity index (χ3n) is 2.50. The highest BCUT2D eigenvalue weighted by Gasteiger charge is 2.29. The number of ether oxygens (including phenoxy) is 1. The zero-order chi connectivity index (χ0) is 11.7. The van der Waals surface area contributed by atoms with Crippen LogP contribution in [-0.4, -0.2) is 17.2 Å². The van der Waals surface area contributed by atoms with Crippen LogP contribution in [0.1, 0.15) is 18.6 Å². The number of benzene rings is 1. The van der Waals surface area contributed by atoms with Crippen molar-refractivity contribution in [1.82, 2.24) is 0 Å². The van der Waals surface area contributed by atoms with E-state index in [-0.39, 0.29) is 5.82 Å². The molecule has 1 aromatic carbocycles. The Morgan fingerprint density at radius 3 is 2.50 bits per heavy atom. The quantitative estimate of drug-likeness (QED) is 0.775. The maximum atomic E-state index is 12.7. The highest BCUT2D eigenvalue weighted by molar-refractivity contribution is 5.90. The molecule has 1 aliphatic heterocycles. The number of aliphatic hydroxyl groups is 1. The van der Waals surface area contributed by atoms with Gasteiger partial charge in [-0.25, -0.2) is 9.18 Å². The normalized spacial score (nSPS) is 21.6. The van der Waals surface area contributed by atoms with Crippen LogP contribution in [0, 0.1) is 5.82 Å². The van der Waals surface area contributed by atoms with Crippen molar-refractivity contribution in [2.75, 3.05) is 0 Å². The van der Waals surface area contributed by atoms with Gasteiger partial charge < -0.3 is 9.84 Å². The first-order valence-electron chi connectivity index (χ1n) is 4.91. The number of esters is 1. The van der Waals surface area contributed by atoms with Crippen LogP contribution in [0.4, 0.5) is 4.39 Å². The minimum atomic E-state index is -0.956. The standard InChI is InChI=1S/C12H11FO3/c1-7-6-10(16-12(7)15)11(14)8-2-4-9(13)5-3-8/h2-6,10-11,14H,1H3/t10-,11-/m1/s1. The molecular formula is C12H11FO3. The molecule has 0 amide bonds. The molecule has 0 fully saturated rings. The summed E-state index contributed by atoms with van der Waals surface area (Å²) in [6, 6.07) is 5.45. The van der Waals surface area contributed by atoms with Gasteiger partial charge in [-0.2, -0.15) is 0 Å². The number of hydrogen-bond acceptors (Lipinski definition) is 3. The molecule has 16 heavy (non-hydrogen) atoms. The van der Waals surface area contributed by atoms with E-state index in [1.54, 1.807) is 13.0 Å². The van der Waals surface area contributed by atoms with Crippen LogP contribution in [0.2, 0.25) is 0 Å². The molecule has 0 aliphatic carbocycles. The summed E-state index contributed by atoms with van der Waals surface area (Å²) in [6.45, 7) is 1.62. The lowest BCUT2D eigenvalue weighted by Crippen LogP contribution is -2.18. The van der Waals surface area contributed by atoms with E-state index in [2.05, 4.69) is 0 Å². The van der Waals surface area contributed by atoms with Gasteiger partial charge >= 0.3 is 5.97 Å². The summed E-state index contributed by atoms with van der Waals surface area (Å²) in [6.07, 6.45) is -0.0731. The second-order valence-electron chi connectivity index (χ2n) is 3.72. The van der Waals surface area contributed by atoms with Gasteiger partial charge in [-0.15, -0.1) is 0 Å².